The summed E-state index contributed by atoms with van der Waals surface area (Å²) in [4.78, 5) is 50.7. The number of carbonyl (C=O) groups is 1. The van der Waals surface area contributed by atoms with Gasteiger partial charge in [0, 0.05) is 91.5 Å². The number of aromatic nitrogens is 6. The number of amides is 1. The molecular weight excluding hydrogens is 962 g/mol. The minimum Gasteiger partial charge on any atom is -0.462 e. The van der Waals surface area contributed by atoms with Crippen LogP contribution in [-0.4, -0.2) is 128 Å². The van der Waals surface area contributed by atoms with Crippen LogP contribution in [0.25, 0.3) is 33.1 Å². The maximum atomic E-state index is 15.0. The van der Waals surface area contributed by atoms with Gasteiger partial charge in [-0.3, -0.25) is 9.78 Å². The molecule has 3 aliphatic heterocycles. The van der Waals surface area contributed by atoms with E-state index in [0.29, 0.717) is 80.5 Å². The molecular formula is C58H66ClN13O3. The number of ether oxygens (including phenoxy) is 1. The largest absolute Gasteiger partial charge is 0.462 e. The number of halogens is 1. The van der Waals surface area contributed by atoms with Gasteiger partial charge in [0.2, 0.25) is 5.95 Å². The van der Waals surface area contributed by atoms with Crippen molar-refractivity contribution in [1.29, 1.82) is 5.26 Å². The number of pyridine rings is 1. The molecule has 0 spiro atoms. The minimum absolute atomic E-state index is 0.0831. The lowest BCUT2D eigenvalue weighted by Gasteiger charge is -2.43. The van der Waals surface area contributed by atoms with Crippen molar-refractivity contribution in [1.82, 2.24) is 39.3 Å². The normalized spacial score (nSPS) is 17.3. The van der Waals surface area contributed by atoms with E-state index >= 15 is 4.79 Å². The number of anilines is 4. The van der Waals surface area contributed by atoms with E-state index < -0.39 is 6.04 Å². The molecule has 75 heavy (non-hydrogen) atoms. The number of likely N-dealkylation sites (tertiary alicyclic amines) is 1. The number of fused-ring (bicyclic) bond motifs is 3. The Morgan fingerprint density at radius 3 is 2.53 bits per heavy atom. The molecule has 4 aromatic heterocycles. The molecule has 2 fully saturated rings. The fourth-order valence-electron chi connectivity index (χ4n) is 10.9. The Hall–Kier alpha value is -7.32. The standard InChI is InChI=1S/C58H66ClN13O3/c1-6-43(36-73)62-57-64-54(47-24-29-71(38(2)3)55(47)65-57)70(33-40-18-20-41(21-19-40)49-16-7-8-26-61-49)32-39(4)56(74)72-31-30-69(34-44(72)22-25-60)53-46-23-28-68(51-17-10-13-42-12-9-15-48(59)52(42)51)35-50(46)63-58(66-53)75-37-45-14-11-27-67(45)5/h7-10,12-13,15-21,24,26,29,38,43-45,73H,4,6,11,14,22-23,27-28,30-37H2,1-3,5H3,(H,62,64,65)/t43-,44+,45+/m1/s1. The van der Waals surface area contributed by atoms with Crippen molar-refractivity contribution >= 4 is 62.6 Å². The van der Waals surface area contributed by atoms with E-state index in [9.17, 15) is 10.4 Å². The molecule has 7 aromatic rings. The Morgan fingerprint density at radius 1 is 0.973 bits per heavy atom. The highest BCUT2D eigenvalue weighted by atomic mass is 35.5. The molecule has 3 aliphatic rings. The van der Waals surface area contributed by atoms with Gasteiger partial charge in [-0.2, -0.15) is 25.2 Å². The van der Waals surface area contributed by atoms with Crippen molar-refractivity contribution in [2.45, 2.75) is 90.1 Å². The van der Waals surface area contributed by atoms with E-state index in [0.717, 1.165) is 87.3 Å². The second-order valence-electron chi connectivity index (χ2n) is 20.3. The van der Waals surface area contributed by atoms with E-state index in [-0.39, 0.29) is 43.6 Å². The quantitative estimate of drug-likeness (QED) is 0.0781. The lowest BCUT2D eigenvalue weighted by Crippen LogP contribution is -2.56. The maximum Gasteiger partial charge on any atom is 0.318 e. The number of likely N-dealkylation sites (N-methyl/N-ethyl adjacent to an activating group) is 1. The van der Waals surface area contributed by atoms with Crippen LogP contribution in [0.4, 0.5) is 23.3 Å². The Morgan fingerprint density at radius 2 is 1.80 bits per heavy atom. The lowest BCUT2D eigenvalue weighted by molar-refractivity contribution is -0.129. The molecule has 2 saturated heterocycles. The molecule has 388 valence electrons. The van der Waals surface area contributed by atoms with Gasteiger partial charge in [0.05, 0.1) is 59.5 Å². The van der Waals surface area contributed by atoms with Crippen LogP contribution < -0.4 is 24.8 Å². The monoisotopic (exact) mass is 1030 g/mol. The topological polar surface area (TPSA) is 168 Å². The first-order valence-corrected chi connectivity index (χ1v) is 26.6. The number of hydrogen-bond donors (Lipinski definition) is 2. The number of hydrogen-bond acceptors (Lipinski definition) is 14. The van der Waals surface area contributed by atoms with Gasteiger partial charge in [-0.25, -0.2) is 0 Å². The number of piperazine rings is 1. The van der Waals surface area contributed by atoms with Crippen LogP contribution in [-0.2, 0) is 24.3 Å². The molecule has 3 atom stereocenters. The van der Waals surface area contributed by atoms with Crippen LogP contribution in [0.1, 0.15) is 69.3 Å². The Labute approximate surface area is 444 Å². The fourth-order valence-corrected chi connectivity index (χ4v) is 11.1. The summed E-state index contributed by atoms with van der Waals surface area (Å²) in [5, 5.41) is 27.5. The summed E-state index contributed by atoms with van der Waals surface area (Å²) in [7, 11) is 2.13. The average molecular weight is 1030 g/mol. The maximum absolute atomic E-state index is 15.0. The number of aliphatic hydroxyl groups is 1. The molecule has 2 N–H and O–H groups in total. The number of nitriles is 1. The zero-order valence-electron chi connectivity index (χ0n) is 43.4. The van der Waals surface area contributed by atoms with Crippen molar-refractivity contribution in [2.75, 3.05) is 79.5 Å². The van der Waals surface area contributed by atoms with Crippen molar-refractivity contribution in [3.05, 3.63) is 131 Å². The molecule has 3 aromatic carbocycles. The van der Waals surface area contributed by atoms with Gasteiger partial charge in [0.25, 0.3) is 5.91 Å². The number of aliphatic hydroxyl groups excluding tert-OH is 1. The molecule has 0 radical (unpaired) electrons. The summed E-state index contributed by atoms with van der Waals surface area (Å²) in [5.74, 6) is 1.58. The minimum atomic E-state index is -0.452. The summed E-state index contributed by atoms with van der Waals surface area (Å²) in [6.07, 6.45) is 7.45. The summed E-state index contributed by atoms with van der Waals surface area (Å²) in [6.45, 7) is 15.1. The van der Waals surface area contributed by atoms with Gasteiger partial charge in [0.15, 0.2) is 0 Å². The zero-order chi connectivity index (χ0) is 52.2. The smallest absolute Gasteiger partial charge is 0.318 e. The van der Waals surface area contributed by atoms with Crippen molar-refractivity contribution in [3.63, 3.8) is 0 Å². The van der Waals surface area contributed by atoms with Crippen molar-refractivity contribution in [2.24, 2.45) is 0 Å². The van der Waals surface area contributed by atoms with E-state index in [1.807, 2.05) is 54.4 Å². The van der Waals surface area contributed by atoms with Gasteiger partial charge in [-0.05, 0) is 94.4 Å². The predicted molar refractivity (Wildman–Crippen MR) is 297 cm³/mol. The predicted octanol–water partition coefficient (Wildman–Crippen LogP) is 9.08. The summed E-state index contributed by atoms with van der Waals surface area (Å²) < 4.78 is 8.58. The highest BCUT2D eigenvalue weighted by molar-refractivity contribution is 6.36. The first kappa shape index (κ1) is 51.2. The van der Waals surface area contributed by atoms with E-state index in [4.69, 9.17) is 36.3 Å². The molecule has 0 aliphatic carbocycles. The molecule has 1 amide bonds. The number of rotatable bonds is 18. The third kappa shape index (κ3) is 10.9. The van der Waals surface area contributed by atoms with E-state index in [1.165, 1.54) is 0 Å². The zero-order valence-corrected chi connectivity index (χ0v) is 44.1. The second-order valence-corrected chi connectivity index (χ2v) is 20.7. The molecule has 17 heteroatoms. The Bertz CT molecular complexity index is 3210. The third-order valence-corrected chi connectivity index (χ3v) is 15.4. The molecule has 0 bridgehead atoms. The Kier molecular flexibility index (Phi) is 15.5. The van der Waals surface area contributed by atoms with Gasteiger partial charge in [0.1, 0.15) is 23.9 Å². The summed E-state index contributed by atoms with van der Waals surface area (Å²) in [6, 6.07) is 30.8. The average Bonchev–Trinajstić information content (AvgIpc) is 4.07. The van der Waals surface area contributed by atoms with Crippen LogP contribution in [0.5, 0.6) is 6.01 Å². The molecule has 0 saturated carbocycles. The molecule has 16 nitrogen and oxygen atoms in total. The van der Waals surface area contributed by atoms with Crippen LogP contribution >= 0.6 is 11.6 Å². The van der Waals surface area contributed by atoms with Crippen molar-refractivity contribution in [3.8, 4) is 23.3 Å². The lowest BCUT2D eigenvalue weighted by atomic mass is 10.0. The molecule has 0 unspecified atom stereocenters. The number of benzene rings is 3. The summed E-state index contributed by atoms with van der Waals surface area (Å²) >= 11 is 6.85. The van der Waals surface area contributed by atoms with Gasteiger partial charge < -0.3 is 44.2 Å². The van der Waals surface area contributed by atoms with E-state index in [2.05, 4.69) is 117 Å². The van der Waals surface area contributed by atoms with Gasteiger partial charge in [-0.1, -0.05) is 79.7 Å². The van der Waals surface area contributed by atoms with Crippen LogP contribution in [0.3, 0.4) is 0 Å². The highest BCUT2D eigenvalue weighted by Crippen LogP contribution is 2.38. The number of carbonyl (C=O) groups excluding carboxylic acids is 1. The molecule has 7 heterocycles. The van der Waals surface area contributed by atoms with Gasteiger partial charge >= 0.3 is 6.01 Å². The molecule has 10 rings (SSSR count). The first-order valence-electron chi connectivity index (χ1n) is 26.3. The SMILES string of the molecule is C=C(CN(Cc1ccc(-c2ccccn2)cc1)c1nc(N[C@H](CC)CO)nc2c1ccn2C(C)C)C(=O)N1CCN(c2nc(OC[C@@H]3CCCN3C)nc3c2CCN(c2cccc4cccc(Cl)c24)C3)C[C@@H]1CC#N. The van der Waals surface area contributed by atoms with Crippen molar-refractivity contribution < 1.29 is 14.6 Å². The van der Waals surface area contributed by atoms with E-state index in [1.54, 1.807) is 6.20 Å². The first-order chi connectivity index (χ1) is 36.5. The van der Waals surface area contributed by atoms with Crippen LogP contribution in [0.2, 0.25) is 5.02 Å². The summed E-state index contributed by atoms with van der Waals surface area (Å²) in [5.41, 5.74) is 6.95. The highest BCUT2D eigenvalue weighted by Gasteiger charge is 2.36. The number of nitrogens with zero attached hydrogens (tertiary/aromatic N) is 12. The fraction of sp³-hybridized carbons (Fsp3) is 0.397. The van der Waals surface area contributed by atoms with Crippen LogP contribution in [0, 0.1) is 11.3 Å². The van der Waals surface area contributed by atoms with Crippen LogP contribution in [0.15, 0.2) is 109 Å². The Balaban J connectivity index is 0.942. The van der Waals surface area contributed by atoms with Gasteiger partial charge in [-0.15, -0.1) is 0 Å². The third-order valence-electron chi connectivity index (χ3n) is 15.1. The second kappa shape index (κ2) is 22.7. The number of nitrogens with one attached hydrogen (secondary N) is 1.